The number of benzene rings is 1. The van der Waals surface area contributed by atoms with Crippen LogP contribution in [0.15, 0.2) is 12.1 Å². The van der Waals surface area contributed by atoms with Gasteiger partial charge in [0.15, 0.2) is 17.4 Å². The largest absolute Gasteiger partial charge is 0.299 e. The number of ketones is 2. The van der Waals surface area contributed by atoms with Crippen LogP contribution in [0.5, 0.6) is 0 Å². The van der Waals surface area contributed by atoms with Crippen molar-refractivity contribution in [1.82, 2.24) is 0 Å². The average Bonchev–Trinajstić information content (AvgIpc) is 2.55. The molecule has 0 saturated carbocycles. The molecule has 0 radical (unpaired) electrons. The first-order valence-corrected chi connectivity index (χ1v) is 6.01. The third-order valence-electron chi connectivity index (χ3n) is 3.15. The summed E-state index contributed by atoms with van der Waals surface area (Å²) in [5.41, 5.74) is -0.975. The van der Waals surface area contributed by atoms with Gasteiger partial charge in [0.2, 0.25) is 0 Å². The van der Waals surface area contributed by atoms with E-state index in [0.717, 1.165) is 11.0 Å². The van der Waals surface area contributed by atoms with Crippen LogP contribution < -0.4 is 4.90 Å². The second-order valence-corrected chi connectivity index (χ2v) is 5.68. The zero-order chi connectivity index (χ0) is 15.2. The molecule has 106 valence electrons. The number of fused-ring (bicyclic) bond motifs is 1. The Balaban J connectivity index is 2.43. The molecule has 1 aromatic carbocycles. The van der Waals surface area contributed by atoms with E-state index < -0.39 is 28.7 Å². The Bertz CT molecular complexity index is 632. The summed E-state index contributed by atoms with van der Waals surface area (Å²) in [5, 5.41) is 0. The van der Waals surface area contributed by atoms with Gasteiger partial charge in [0.25, 0.3) is 11.7 Å². The highest BCUT2D eigenvalue weighted by atomic mass is 19.2. The van der Waals surface area contributed by atoms with Crippen molar-refractivity contribution in [2.24, 2.45) is 5.41 Å². The van der Waals surface area contributed by atoms with Gasteiger partial charge in [0, 0.05) is 11.5 Å². The molecule has 4 nitrogen and oxygen atoms in total. The number of hydrogen-bond acceptors (Lipinski definition) is 3. The fourth-order valence-electron chi connectivity index (χ4n) is 1.83. The number of halogens is 2. The predicted octanol–water partition coefficient (Wildman–Crippen LogP) is 2.11. The summed E-state index contributed by atoms with van der Waals surface area (Å²) in [6.45, 7) is 4.67. The van der Waals surface area contributed by atoms with Crippen molar-refractivity contribution in [1.29, 1.82) is 0 Å². The van der Waals surface area contributed by atoms with Gasteiger partial charge < -0.3 is 0 Å². The lowest BCUT2D eigenvalue weighted by molar-refractivity contribution is -0.126. The number of nitrogens with zero attached hydrogens (tertiary/aromatic N) is 1. The summed E-state index contributed by atoms with van der Waals surface area (Å²) in [6.07, 6.45) is 0. The number of rotatable bonds is 2. The van der Waals surface area contributed by atoms with E-state index in [2.05, 4.69) is 0 Å². The number of anilines is 1. The lowest BCUT2D eigenvalue weighted by Gasteiger charge is -2.22. The Morgan fingerprint density at radius 1 is 1.15 bits per heavy atom. The molecule has 2 rings (SSSR count). The predicted molar refractivity (Wildman–Crippen MR) is 67.5 cm³/mol. The molecule has 1 amide bonds. The molecule has 0 fully saturated rings. The quantitative estimate of drug-likeness (QED) is 0.780. The highest BCUT2D eigenvalue weighted by Crippen LogP contribution is 2.31. The standard InChI is InChI=1S/C14H13F2NO3/c1-14(2,3)11(18)6-17-10-5-9(16)8(15)4-7(10)12(19)13(17)20/h4-5H,6H2,1-3H3. The van der Waals surface area contributed by atoms with Gasteiger partial charge in [-0.3, -0.25) is 19.3 Å². The van der Waals surface area contributed by atoms with Crippen molar-refractivity contribution in [2.75, 3.05) is 11.4 Å². The Hall–Kier alpha value is -2.11. The second kappa shape index (κ2) is 4.47. The highest BCUT2D eigenvalue weighted by molar-refractivity contribution is 6.52. The maximum absolute atomic E-state index is 13.3. The van der Waals surface area contributed by atoms with E-state index in [1.54, 1.807) is 20.8 Å². The van der Waals surface area contributed by atoms with Gasteiger partial charge >= 0.3 is 0 Å². The molecule has 6 heteroatoms. The van der Waals surface area contributed by atoms with E-state index in [9.17, 15) is 23.2 Å². The Morgan fingerprint density at radius 2 is 1.70 bits per heavy atom. The number of carbonyl (C=O) groups is 3. The highest BCUT2D eigenvalue weighted by Gasteiger charge is 2.39. The van der Waals surface area contributed by atoms with E-state index in [1.807, 2.05) is 0 Å². The van der Waals surface area contributed by atoms with Gasteiger partial charge in [-0.05, 0) is 6.07 Å². The third kappa shape index (κ3) is 2.21. The summed E-state index contributed by atoms with van der Waals surface area (Å²) < 4.78 is 26.4. The van der Waals surface area contributed by atoms with Crippen molar-refractivity contribution in [3.05, 3.63) is 29.3 Å². The van der Waals surface area contributed by atoms with Crippen molar-refractivity contribution in [3.63, 3.8) is 0 Å². The van der Waals surface area contributed by atoms with E-state index in [-0.39, 0.29) is 23.6 Å². The lowest BCUT2D eigenvalue weighted by atomic mass is 9.90. The summed E-state index contributed by atoms with van der Waals surface area (Å²) in [6, 6.07) is 1.45. The van der Waals surface area contributed by atoms with Crippen molar-refractivity contribution < 1.29 is 23.2 Å². The number of hydrogen-bond donors (Lipinski definition) is 0. The number of amides is 1. The summed E-state index contributed by atoms with van der Waals surface area (Å²) in [7, 11) is 0. The molecular formula is C14H13F2NO3. The molecule has 1 heterocycles. The minimum atomic E-state index is -1.20. The molecule has 0 atom stereocenters. The number of Topliss-reactive ketones (excluding diaryl/α,β-unsaturated/α-hetero) is 2. The number of carbonyl (C=O) groups excluding carboxylic acids is 3. The Kier molecular flexibility index (Phi) is 3.20. The normalized spacial score (nSPS) is 14.8. The minimum absolute atomic E-state index is 0.0588. The van der Waals surface area contributed by atoms with Crippen LogP contribution in [0.25, 0.3) is 0 Å². The van der Waals surface area contributed by atoms with Gasteiger partial charge in [-0.2, -0.15) is 0 Å². The van der Waals surface area contributed by atoms with Gasteiger partial charge in [-0.1, -0.05) is 20.8 Å². The lowest BCUT2D eigenvalue weighted by Crippen LogP contribution is -2.39. The maximum atomic E-state index is 13.3. The molecule has 1 aliphatic rings. The summed E-state index contributed by atoms with van der Waals surface area (Å²) >= 11 is 0. The first-order valence-electron chi connectivity index (χ1n) is 6.01. The van der Waals surface area contributed by atoms with E-state index in [4.69, 9.17) is 0 Å². The van der Waals surface area contributed by atoms with Gasteiger partial charge in [0.1, 0.15) is 0 Å². The van der Waals surface area contributed by atoms with Gasteiger partial charge in [-0.15, -0.1) is 0 Å². The molecule has 0 aliphatic carbocycles. The van der Waals surface area contributed by atoms with Gasteiger partial charge in [-0.25, -0.2) is 8.78 Å². The molecule has 0 bridgehead atoms. The van der Waals surface area contributed by atoms with Crippen LogP contribution in [-0.2, 0) is 9.59 Å². The first-order chi connectivity index (χ1) is 9.12. The molecule has 20 heavy (non-hydrogen) atoms. The fourth-order valence-corrected chi connectivity index (χ4v) is 1.83. The van der Waals surface area contributed by atoms with Crippen LogP contribution in [0.1, 0.15) is 31.1 Å². The summed E-state index contributed by atoms with van der Waals surface area (Å²) in [5.74, 6) is -4.52. The molecule has 1 aromatic rings. The first kappa shape index (κ1) is 14.3. The molecular weight excluding hydrogens is 268 g/mol. The van der Waals surface area contributed by atoms with Crippen molar-refractivity contribution in [3.8, 4) is 0 Å². The summed E-state index contributed by atoms with van der Waals surface area (Å²) in [4.78, 5) is 36.4. The van der Waals surface area contributed by atoms with Crippen LogP contribution in [0, 0.1) is 17.0 Å². The van der Waals surface area contributed by atoms with E-state index >= 15 is 0 Å². The monoisotopic (exact) mass is 281 g/mol. The van der Waals surface area contributed by atoms with Crippen molar-refractivity contribution >= 4 is 23.2 Å². The fraction of sp³-hybridized carbons (Fsp3) is 0.357. The Morgan fingerprint density at radius 3 is 2.25 bits per heavy atom. The maximum Gasteiger partial charge on any atom is 0.299 e. The third-order valence-corrected chi connectivity index (χ3v) is 3.15. The zero-order valence-corrected chi connectivity index (χ0v) is 11.3. The van der Waals surface area contributed by atoms with E-state index in [1.165, 1.54) is 0 Å². The molecule has 0 unspecified atom stereocenters. The zero-order valence-electron chi connectivity index (χ0n) is 11.3. The van der Waals surface area contributed by atoms with Gasteiger partial charge in [0.05, 0.1) is 17.8 Å². The minimum Gasteiger partial charge on any atom is -0.297 e. The second-order valence-electron chi connectivity index (χ2n) is 5.68. The van der Waals surface area contributed by atoms with Crippen LogP contribution in [0.2, 0.25) is 0 Å². The van der Waals surface area contributed by atoms with Crippen LogP contribution in [0.4, 0.5) is 14.5 Å². The molecule has 0 spiro atoms. The molecule has 0 aromatic heterocycles. The van der Waals surface area contributed by atoms with Crippen LogP contribution in [0.3, 0.4) is 0 Å². The smallest absolute Gasteiger partial charge is 0.297 e. The molecule has 0 saturated heterocycles. The average molecular weight is 281 g/mol. The van der Waals surface area contributed by atoms with Crippen LogP contribution >= 0.6 is 0 Å². The SMILES string of the molecule is CC(C)(C)C(=O)CN1C(=O)C(=O)c2cc(F)c(F)cc21. The molecule has 1 aliphatic heterocycles. The Labute approximate surface area is 114 Å². The molecule has 0 N–H and O–H groups in total. The van der Waals surface area contributed by atoms with Crippen LogP contribution in [-0.4, -0.2) is 24.0 Å². The van der Waals surface area contributed by atoms with E-state index in [0.29, 0.717) is 6.07 Å². The van der Waals surface area contributed by atoms with Crippen molar-refractivity contribution in [2.45, 2.75) is 20.8 Å². The topological polar surface area (TPSA) is 54.5 Å².